The molecule has 0 aliphatic carbocycles. The molecule has 1 aliphatic rings. The Bertz CT molecular complexity index is 568. The quantitative estimate of drug-likeness (QED) is 0.826. The second kappa shape index (κ2) is 7.18. The highest BCUT2D eigenvalue weighted by atomic mass is 15.0. The molecule has 1 aromatic carbocycles. The molecule has 21 heavy (non-hydrogen) atoms. The van der Waals surface area contributed by atoms with E-state index in [1.54, 1.807) is 6.33 Å². The Morgan fingerprint density at radius 2 is 1.90 bits per heavy atom. The van der Waals surface area contributed by atoms with Crippen molar-refractivity contribution >= 4 is 5.82 Å². The molecule has 1 aromatic heterocycles. The molecule has 0 atom stereocenters. The predicted octanol–water partition coefficient (Wildman–Crippen LogP) is 2.21. The van der Waals surface area contributed by atoms with Crippen LogP contribution < -0.4 is 10.6 Å². The van der Waals surface area contributed by atoms with Gasteiger partial charge in [0.2, 0.25) is 0 Å². The van der Waals surface area contributed by atoms with Crippen LogP contribution in [0.3, 0.4) is 0 Å². The van der Waals surface area contributed by atoms with Gasteiger partial charge in [-0.2, -0.15) is 0 Å². The van der Waals surface area contributed by atoms with Crippen molar-refractivity contribution in [1.29, 1.82) is 0 Å². The first-order valence-electron chi connectivity index (χ1n) is 7.75. The fraction of sp³-hybridized carbons (Fsp3) is 0.412. The average molecular weight is 282 g/mol. The number of hydrogen-bond acceptors (Lipinski definition) is 4. The minimum Gasteiger partial charge on any atom is -0.370 e. The summed E-state index contributed by atoms with van der Waals surface area (Å²) in [5.74, 6) is 1.02. The van der Waals surface area contributed by atoms with Gasteiger partial charge < -0.3 is 10.6 Å². The van der Waals surface area contributed by atoms with E-state index in [2.05, 4.69) is 50.9 Å². The van der Waals surface area contributed by atoms with Crippen molar-refractivity contribution in [3.63, 3.8) is 0 Å². The number of nitrogens with one attached hydrogen (secondary N) is 2. The van der Waals surface area contributed by atoms with Gasteiger partial charge in [-0.3, -0.25) is 0 Å². The average Bonchev–Trinajstić information content (AvgIpc) is 2.78. The molecular weight excluding hydrogens is 260 g/mol. The van der Waals surface area contributed by atoms with Crippen molar-refractivity contribution in [2.45, 2.75) is 25.7 Å². The fourth-order valence-electron chi connectivity index (χ4n) is 2.77. The number of aryl methyl sites for hydroxylation is 1. The van der Waals surface area contributed by atoms with Crippen molar-refractivity contribution in [1.82, 2.24) is 15.3 Å². The third-order valence-corrected chi connectivity index (χ3v) is 3.90. The van der Waals surface area contributed by atoms with Gasteiger partial charge in [0.1, 0.15) is 12.1 Å². The van der Waals surface area contributed by atoms with Gasteiger partial charge in [0, 0.05) is 25.1 Å². The zero-order valence-electron chi connectivity index (χ0n) is 12.3. The van der Waals surface area contributed by atoms with E-state index < -0.39 is 0 Å². The topological polar surface area (TPSA) is 49.8 Å². The highest BCUT2D eigenvalue weighted by Crippen LogP contribution is 2.18. The van der Waals surface area contributed by atoms with Crippen LogP contribution in [0, 0.1) is 0 Å². The Morgan fingerprint density at radius 1 is 1.05 bits per heavy atom. The second-order valence-corrected chi connectivity index (χ2v) is 5.41. The minimum atomic E-state index is 0.950. The van der Waals surface area contributed by atoms with Crippen LogP contribution in [-0.4, -0.2) is 29.6 Å². The summed E-state index contributed by atoms with van der Waals surface area (Å²) in [6, 6.07) is 10.6. The number of nitrogens with zero attached hydrogens (tertiary/aromatic N) is 2. The number of anilines is 1. The molecule has 1 aliphatic heterocycles. The van der Waals surface area contributed by atoms with E-state index in [4.69, 9.17) is 0 Å². The molecule has 0 spiro atoms. The molecule has 0 bridgehead atoms. The van der Waals surface area contributed by atoms with Crippen LogP contribution in [0.4, 0.5) is 5.82 Å². The summed E-state index contributed by atoms with van der Waals surface area (Å²) >= 11 is 0. The van der Waals surface area contributed by atoms with Crippen LogP contribution in [0.5, 0.6) is 0 Å². The molecule has 4 nitrogen and oxygen atoms in total. The van der Waals surface area contributed by atoms with Gasteiger partial charge in [-0.1, -0.05) is 30.3 Å². The third kappa shape index (κ3) is 3.79. The van der Waals surface area contributed by atoms with Gasteiger partial charge in [0.15, 0.2) is 0 Å². The van der Waals surface area contributed by atoms with Crippen molar-refractivity contribution in [2.24, 2.45) is 0 Å². The second-order valence-electron chi connectivity index (χ2n) is 5.41. The molecule has 4 heteroatoms. The van der Waals surface area contributed by atoms with Crippen molar-refractivity contribution in [3.8, 4) is 0 Å². The molecule has 0 unspecified atom stereocenters. The van der Waals surface area contributed by atoms with Crippen LogP contribution in [0.25, 0.3) is 0 Å². The molecule has 2 N–H and O–H groups in total. The van der Waals surface area contributed by atoms with Crippen LogP contribution >= 0.6 is 0 Å². The Balaban J connectivity index is 1.56. The fourth-order valence-corrected chi connectivity index (χ4v) is 2.77. The summed E-state index contributed by atoms with van der Waals surface area (Å²) in [4.78, 5) is 8.85. The van der Waals surface area contributed by atoms with Gasteiger partial charge >= 0.3 is 0 Å². The number of rotatable bonds is 5. The Kier molecular flexibility index (Phi) is 4.79. The largest absolute Gasteiger partial charge is 0.370 e. The zero-order chi connectivity index (χ0) is 14.3. The molecule has 0 saturated heterocycles. The van der Waals surface area contributed by atoms with E-state index >= 15 is 0 Å². The summed E-state index contributed by atoms with van der Waals surface area (Å²) in [6.07, 6.45) is 5.90. The highest BCUT2D eigenvalue weighted by Gasteiger charge is 2.13. The van der Waals surface area contributed by atoms with Crippen LogP contribution in [-0.2, 0) is 19.3 Å². The predicted molar refractivity (Wildman–Crippen MR) is 85.6 cm³/mol. The Labute approximate surface area is 126 Å². The van der Waals surface area contributed by atoms with E-state index in [0.717, 1.165) is 51.1 Å². The first-order chi connectivity index (χ1) is 10.4. The van der Waals surface area contributed by atoms with Crippen molar-refractivity contribution in [2.75, 3.05) is 25.0 Å². The van der Waals surface area contributed by atoms with E-state index in [1.807, 2.05) is 0 Å². The molecule has 0 saturated carbocycles. The maximum absolute atomic E-state index is 4.43. The highest BCUT2D eigenvalue weighted by molar-refractivity contribution is 5.46. The van der Waals surface area contributed by atoms with Gasteiger partial charge in [0.25, 0.3) is 0 Å². The molecule has 3 rings (SSSR count). The number of hydrogen-bond donors (Lipinski definition) is 2. The standard InChI is InChI=1S/C17H22N4/c1-2-5-14(6-3-1)7-4-10-19-17-15-8-11-18-12-9-16(15)20-13-21-17/h1-3,5-6,13,18H,4,7-12H2,(H,19,20,21). The summed E-state index contributed by atoms with van der Waals surface area (Å²) in [7, 11) is 0. The van der Waals surface area contributed by atoms with E-state index in [0.29, 0.717) is 0 Å². The van der Waals surface area contributed by atoms with E-state index in [9.17, 15) is 0 Å². The van der Waals surface area contributed by atoms with E-state index in [1.165, 1.54) is 16.8 Å². The molecule has 2 heterocycles. The van der Waals surface area contributed by atoms with Gasteiger partial charge in [0.05, 0.1) is 5.69 Å². The first kappa shape index (κ1) is 14.0. The molecule has 0 amide bonds. The van der Waals surface area contributed by atoms with Crippen molar-refractivity contribution in [3.05, 3.63) is 53.5 Å². The summed E-state index contributed by atoms with van der Waals surface area (Å²) < 4.78 is 0. The molecule has 2 aromatic rings. The number of benzene rings is 1. The first-order valence-corrected chi connectivity index (χ1v) is 7.75. The number of aromatic nitrogens is 2. The molecule has 0 radical (unpaired) electrons. The summed E-state index contributed by atoms with van der Waals surface area (Å²) in [5.41, 5.74) is 3.88. The molecule has 0 fully saturated rings. The lowest BCUT2D eigenvalue weighted by Crippen LogP contribution is -2.16. The third-order valence-electron chi connectivity index (χ3n) is 3.90. The van der Waals surface area contributed by atoms with Gasteiger partial charge in [-0.15, -0.1) is 0 Å². The van der Waals surface area contributed by atoms with E-state index in [-0.39, 0.29) is 0 Å². The normalized spacial score (nSPS) is 14.3. The zero-order valence-corrected chi connectivity index (χ0v) is 12.3. The lowest BCUT2D eigenvalue weighted by atomic mass is 10.1. The number of fused-ring (bicyclic) bond motifs is 1. The SMILES string of the molecule is c1ccc(CCCNc2ncnc3c2CCNCC3)cc1. The minimum absolute atomic E-state index is 0.950. The maximum atomic E-state index is 4.43. The van der Waals surface area contributed by atoms with Crippen LogP contribution in [0.2, 0.25) is 0 Å². The Morgan fingerprint density at radius 3 is 2.81 bits per heavy atom. The van der Waals surface area contributed by atoms with Crippen LogP contribution in [0.15, 0.2) is 36.7 Å². The summed E-state index contributed by atoms with van der Waals surface area (Å²) in [5, 5.41) is 6.91. The monoisotopic (exact) mass is 282 g/mol. The smallest absolute Gasteiger partial charge is 0.132 e. The summed E-state index contributed by atoms with van der Waals surface area (Å²) in [6.45, 7) is 2.97. The van der Waals surface area contributed by atoms with Crippen molar-refractivity contribution < 1.29 is 0 Å². The maximum Gasteiger partial charge on any atom is 0.132 e. The van der Waals surface area contributed by atoms with Gasteiger partial charge in [-0.05, 0) is 31.4 Å². The Hall–Kier alpha value is -1.94. The molecule has 110 valence electrons. The van der Waals surface area contributed by atoms with Crippen LogP contribution in [0.1, 0.15) is 23.2 Å². The van der Waals surface area contributed by atoms with Gasteiger partial charge in [-0.25, -0.2) is 9.97 Å². The lowest BCUT2D eigenvalue weighted by molar-refractivity contribution is 0.708. The molecular formula is C17H22N4. The lowest BCUT2D eigenvalue weighted by Gasteiger charge is -2.12.